The molecule has 4 rings (SSSR count). The van der Waals surface area contributed by atoms with E-state index >= 15 is 0 Å². The number of rotatable bonds is 4. The average Bonchev–Trinajstić information content (AvgIpc) is 3.31. The van der Waals surface area contributed by atoms with E-state index in [1.165, 1.54) is 11.3 Å². The fourth-order valence-corrected chi connectivity index (χ4v) is 4.01. The average molecular weight is 393 g/mol. The van der Waals surface area contributed by atoms with Crippen LogP contribution in [0.4, 0.5) is 5.69 Å². The summed E-state index contributed by atoms with van der Waals surface area (Å²) >= 11 is 1.38. The minimum atomic E-state index is -0.120. The summed E-state index contributed by atoms with van der Waals surface area (Å²) in [5.41, 5.74) is 2.80. The van der Waals surface area contributed by atoms with Gasteiger partial charge in [0.2, 0.25) is 0 Å². The van der Waals surface area contributed by atoms with E-state index in [4.69, 9.17) is 0 Å². The van der Waals surface area contributed by atoms with E-state index in [0.29, 0.717) is 10.9 Å². The number of piperidine rings is 1. The summed E-state index contributed by atoms with van der Waals surface area (Å²) in [4.78, 5) is 24.6. The normalized spacial score (nSPS) is 16.9. The Bertz CT molecular complexity index is 902. The van der Waals surface area contributed by atoms with Crippen LogP contribution in [0, 0.1) is 0 Å². The predicted molar refractivity (Wildman–Crippen MR) is 107 cm³/mol. The van der Waals surface area contributed by atoms with Crippen molar-refractivity contribution in [1.29, 1.82) is 0 Å². The number of aromatic amines is 1. The van der Waals surface area contributed by atoms with Crippen molar-refractivity contribution in [3.63, 3.8) is 0 Å². The molecule has 3 aromatic heterocycles. The third kappa shape index (κ3) is 3.53. The molecule has 7 nitrogen and oxygen atoms in total. The summed E-state index contributed by atoms with van der Waals surface area (Å²) in [6.45, 7) is 2.01. The highest BCUT2D eigenvalue weighted by Crippen LogP contribution is 2.36. The van der Waals surface area contributed by atoms with Gasteiger partial charge in [-0.15, -0.1) is 23.7 Å². The van der Waals surface area contributed by atoms with E-state index in [1.54, 1.807) is 13.2 Å². The van der Waals surface area contributed by atoms with Crippen LogP contribution in [0.3, 0.4) is 0 Å². The van der Waals surface area contributed by atoms with E-state index in [-0.39, 0.29) is 18.3 Å². The first-order chi connectivity index (χ1) is 12.3. The fourth-order valence-electron chi connectivity index (χ4n) is 3.13. The van der Waals surface area contributed by atoms with Crippen molar-refractivity contribution in [2.45, 2.75) is 18.9 Å². The van der Waals surface area contributed by atoms with Crippen molar-refractivity contribution in [3.05, 3.63) is 29.5 Å². The van der Waals surface area contributed by atoms with Gasteiger partial charge in [0.15, 0.2) is 0 Å². The molecular formula is C17H21ClN6OS. The van der Waals surface area contributed by atoms with Gasteiger partial charge in [0.05, 0.1) is 17.4 Å². The van der Waals surface area contributed by atoms with Crippen molar-refractivity contribution >= 4 is 46.4 Å². The number of nitrogens with one attached hydrogen (secondary N) is 4. The zero-order valence-electron chi connectivity index (χ0n) is 14.3. The lowest BCUT2D eigenvalue weighted by atomic mass is 10.1. The lowest BCUT2D eigenvalue weighted by molar-refractivity contribution is 0.0967. The van der Waals surface area contributed by atoms with E-state index in [2.05, 4.69) is 30.9 Å². The van der Waals surface area contributed by atoms with E-state index in [0.717, 1.165) is 53.2 Å². The molecule has 4 N–H and O–H groups in total. The van der Waals surface area contributed by atoms with Crippen molar-refractivity contribution in [1.82, 2.24) is 25.6 Å². The minimum Gasteiger partial charge on any atom is -0.380 e. The van der Waals surface area contributed by atoms with Crippen molar-refractivity contribution in [2.24, 2.45) is 0 Å². The van der Waals surface area contributed by atoms with Gasteiger partial charge >= 0.3 is 0 Å². The lowest BCUT2D eigenvalue weighted by Gasteiger charge is -2.26. The topological polar surface area (TPSA) is 94.7 Å². The smallest absolute Gasteiger partial charge is 0.262 e. The number of carbonyl (C=O) groups excluding carboxylic acids is 1. The number of thiazole rings is 1. The molecule has 1 fully saturated rings. The maximum Gasteiger partial charge on any atom is 0.262 e. The molecule has 4 heterocycles. The Morgan fingerprint density at radius 1 is 1.35 bits per heavy atom. The highest BCUT2D eigenvalue weighted by molar-refractivity contribution is 7.17. The molecule has 0 spiro atoms. The monoisotopic (exact) mass is 392 g/mol. The number of pyridine rings is 1. The van der Waals surface area contributed by atoms with E-state index < -0.39 is 0 Å². The van der Waals surface area contributed by atoms with Gasteiger partial charge in [-0.2, -0.15) is 0 Å². The molecule has 0 aromatic carbocycles. The second-order valence-corrected chi connectivity index (χ2v) is 7.11. The third-order valence-electron chi connectivity index (χ3n) is 4.42. The highest BCUT2D eigenvalue weighted by atomic mass is 35.5. The predicted octanol–water partition coefficient (Wildman–Crippen LogP) is 2.63. The number of anilines is 1. The Morgan fingerprint density at radius 2 is 2.23 bits per heavy atom. The summed E-state index contributed by atoms with van der Waals surface area (Å²) in [6.07, 6.45) is 7.62. The fraction of sp³-hybridized carbons (Fsp3) is 0.353. The Labute approximate surface area is 161 Å². The third-order valence-corrected chi connectivity index (χ3v) is 5.45. The maximum absolute atomic E-state index is 11.8. The molecule has 0 bridgehead atoms. The van der Waals surface area contributed by atoms with Gasteiger partial charge in [-0.1, -0.05) is 0 Å². The van der Waals surface area contributed by atoms with Crippen LogP contribution in [0.2, 0.25) is 0 Å². The first-order valence-corrected chi connectivity index (χ1v) is 9.19. The van der Waals surface area contributed by atoms with Crippen LogP contribution in [0.25, 0.3) is 21.6 Å². The van der Waals surface area contributed by atoms with Gasteiger partial charge in [-0.05, 0) is 25.5 Å². The Hall–Kier alpha value is -2.16. The zero-order valence-corrected chi connectivity index (χ0v) is 16.0. The maximum atomic E-state index is 11.8. The molecule has 1 aliphatic heterocycles. The van der Waals surface area contributed by atoms with Crippen molar-refractivity contribution < 1.29 is 4.79 Å². The molecule has 9 heteroatoms. The second-order valence-electron chi connectivity index (χ2n) is 6.08. The van der Waals surface area contributed by atoms with Crippen LogP contribution in [-0.2, 0) is 0 Å². The molecule has 1 saturated heterocycles. The highest BCUT2D eigenvalue weighted by Gasteiger charge is 2.20. The lowest BCUT2D eigenvalue weighted by Crippen LogP contribution is -2.38. The van der Waals surface area contributed by atoms with Gasteiger partial charge in [0.25, 0.3) is 5.91 Å². The summed E-state index contributed by atoms with van der Waals surface area (Å²) in [5.74, 6) is -0.120. The minimum absolute atomic E-state index is 0. The zero-order chi connectivity index (χ0) is 17.2. The number of aromatic nitrogens is 3. The number of fused-ring (bicyclic) bond motifs is 1. The number of amides is 1. The van der Waals surface area contributed by atoms with Crippen LogP contribution < -0.4 is 16.0 Å². The Morgan fingerprint density at radius 3 is 3.00 bits per heavy atom. The van der Waals surface area contributed by atoms with Crippen LogP contribution in [0.5, 0.6) is 0 Å². The summed E-state index contributed by atoms with van der Waals surface area (Å²) in [5, 5.41) is 11.6. The Balaban J connectivity index is 0.00000196. The van der Waals surface area contributed by atoms with Crippen molar-refractivity contribution in [2.75, 3.05) is 25.5 Å². The molecule has 1 amide bonds. The molecule has 1 aliphatic rings. The molecule has 0 aliphatic carbocycles. The van der Waals surface area contributed by atoms with Gasteiger partial charge in [0.1, 0.15) is 15.5 Å². The van der Waals surface area contributed by atoms with Crippen LogP contribution >= 0.6 is 23.7 Å². The Kier molecular flexibility index (Phi) is 5.75. The molecular weight excluding hydrogens is 372 g/mol. The summed E-state index contributed by atoms with van der Waals surface area (Å²) in [7, 11) is 1.62. The van der Waals surface area contributed by atoms with Crippen LogP contribution in [0.1, 0.15) is 22.5 Å². The summed E-state index contributed by atoms with van der Waals surface area (Å²) < 4.78 is 0. The van der Waals surface area contributed by atoms with Gasteiger partial charge in [-0.25, -0.2) is 9.97 Å². The van der Waals surface area contributed by atoms with Crippen LogP contribution in [0.15, 0.2) is 24.7 Å². The number of halogens is 1. The standard InChI is InChI=1S/C17H20N6OS.ClH/c1-18-16(24)13-9-22-17(25-13)12-8-21-15-11(4-6-20-15)14(12)23-10-3-2-5-19-7-10;/h4,6,8-10,19H,2-3,5,7H2,1H3,(H,18,24)(H2,20,21,23);1H. The number of nitrogens with zero attached hydrogens (tertiary/aromatic N) is 2. The molecule has 1 unspecified atom stereocenters. The van der Waals surface area contributed by atoms with Crippen LogP contribution in [-0.4, -0.2) is 47.0 Å². The van der Waals surface area contributed by atoms with Gasteiger partial charge in [-0.3, -0.25) is 4.79 Å². The number of carbonyl (C=O) groups is 1. The number of hydrogen-bond acceptors (Lipinski definition) is 6. The molecule has 3 aromatic rings. The first-order valence-electron chi connectivity index (χ1n) is 8.38. The quantitative estimate of drug-likeness (QED) is 0.547. The second kappa shape index (κ2) is 8.03. The molecule has 0 radical (unpaired) electrons. The van der Waals surface area contributed by atoms with Gasteiger partial charge < -0.3 is 20.9 Å². The number of H-pyrrole nitrogens is 1. The van der Waals surface area contributed by atoms with E-state index in [9.17, 15) is 4.79 Å². The largest absolute Gasteiger partial charge is 0.380 e. The number of hydrogen-bond donors (Lipinski definition) is 4. The molecule has 0 saturated carbocycles. The molecule has 26 heavy (non-hydrogen) atoms. The summed E-state index contributed by atoms with van der Waals surface area (Å²) in [6, 6.07) is 2.39. The first kappa shape index (κ1) is 18.6. The van der Waals surface area contributed by atoms with Crippen molar-refractivity contribution in [3.8, 4) is 10.6 Å². The SMILES string of the molecule is CNC(=O)c1cnc(-c2cnc3[nH]ccc3c2NC2CCCNC2)s1.Cl. The van der Waals surface area contributed by atoms with Gasteiger partial charge in [0, 0.05) is 37.4 Å². The molecule has 1 atom stereocenters. The molecule has 138 valence electrons. The van der Waals surface area contributed by atoms with E-state index in [1.807, 2.05) is 18.5 Å².